The lowest BCUT2D eigenvalue weighted by atomic mass is 10.2. The number of aromatic nitrogens is 1. The lowest BCUT2D eigenvalue weighted by molar-refractivity contribution is 0.417. The van der Waals surface area contributed by atoms with Crippen LogP contribution in [0.25, 0.3) is 10.2 Å². The maximum atomic E-state index is 7.89. The quantitative estimate of drug-likeness (QED) is 0.833. The largest absolute Gasteiger partial charge is 0.495 e. The van der Waals surface area contributed by atoms with Gasteiger partial charge in [0.05, 0.1) is 11.8 Å². The summed E-state index contributed by atoms with van der Waals surface area (Å²) in [6.07, 6.45) is 0. The molecule has 0 saturated carbocycles. The van der Waals surface area contributed by atoms with Crippen molar-refractivity contribution in [1.82, 2.24) is 4.57 Å². The highest BCUT2D eigenvalue weighted by Gasteiger charge is 2.11. The molecule has 0 aliphatic carbocycles. The Labute approximate surface area is 92.4 Å². The molecule has 0 amide bonds. The zero-order valence-electron chi connectivity index (χ0n) is 9.13. The van der Waals surface area contributed by atoms with E-state index >= 15 is 0 Å². The molecule has 0 unspecified atom stereocenters. The summed E-state index contributed by atoms with van der Waals surface area (Å²) in [7, 11) is 1.67. The highest BCUT2D eigenvalue weighted by atomic mass is 32.1. The van der Waals surface area contributed by atoms with Gasteiger partial charge in [-0.05, 0) is 25.5 Å². The third-order valence-electron chi connectivity index (χ3n) is 2.54. The number of benzene rings is 1. The minimum atomic E-state index is 0.583. The first-order valence-electron chi connectivity index (χ1n) is 4.90. The molecule has 15 heavy (non-hydrogen) atoms. The van der Waals surface area contributed by atoms with Crippen LogP contribution in [0.1, 0.15) is 12.5 Å². The summed E-state index contributed by atoms with van der Waals surface area (Å²) in [5.74, 6) is 0.854. The van der Waals surface area contributed by atoms with Crippen molar-refractivity contribution in [3.05, 3.63) is 22.5 Å². The van der Waals surface area contributed by atoms with Gasteiger partial charge in [0.1, 0.15) is 11.3 Å². The second-order valence-corrected chi connectivity index (χ2v) is 4.41. The van der Waals surface area contributed by atoms with Crippen molar-refractivity contribution < 1.29 is 4.74 Å². The van der Waals surface area contributed by atoms with Crippen LogP contribution in [0.15, 0.2) is 12.1 Å². The van der Waals surface area contributed by atoms with Crippen molar-refractivity contribution >= 4 is 21.6 Å². The van der Waals surface area contributed by atoms with E-state index in [1.54, 1.807) is 7.11 Å². The molecule has 0 radical (unpaired) electrons. The first-order chi connectivity index (χ1) is 7.19. The molecule has 1 N–H and O–H groups in total. The highest BCUT2D eigenvalue weighted by Crippen LogP contribution is 2.29. The van der Waals surface area contributed by atoms with Gasteiger partial charge < -0.3 is 9.30 Å². The van der Waals surface area contributed by atoms with Crippen LogP contribution in [0.2, 0.25) is 0 Å². The monoisotopic (exact) mass is 222 g/mol. The fourth-order valence-corrected chi connectivity index (χ4v) is 2.82. The van der Waals surface area contributed by atoms with Gasteiger partial charge in [0.2, 0.25) is 0 Å². The van der Waals surface area contributed by atoms with E-state index in [-0.39, 0.29) is 0 Å². The predicted octanol–water partition coefficient (Wildman–Crippen LogP) is 2.52. The summed E-state index contributed by atoms with van der Waals surface area (Å²) in [5.41, 5.74) is 2.26. The maximum absolute atomic E-state index is 7.89. The molecule has 1 aromatic carbocycles. The van der Waals surface area contributed by atoms with Crippen LogP contribution in [0.3, 0.4) is 0 Å². The van der Waals surface area contributed by atoms with Gasteiger partial charge in [-0.1, -0.05) is 17.4 Å². The first-order valence-corrected chi connectivity index (χ1v) is 5.72. The van der Waals surface area contributed by atoms with Gasteiger partial charge in [0.15, 0.2) is 4.80 Å². The van der Waals surface area contributed by atoms with Gasteiger partial charge in [0, 0.05) is 6.54 Å². The second-order valence-electron chi connectivity index (χ2n) is 3.41. The summed E-state index contributed by atoms with van der Waals surface area (Å²) in [6, 6.07) is 4.01. The Balaban J connectivity index is 2.95. The molecule has 0 aliphatic rings. The van der Waals surface area contributed by atoms with Crippen molar-refractivity contribution in [2.45, 2.75) is 20.4 Å². The van der Waals surface area contributed by atoms with E-state index in [9.17, 15) is 0 Å². The summed E-state index contributed by atoms with van der Waals surface area (Å²) < 4.78 is 8.47. The summed E-state index contributed by atoms with van der Waals surface area (Å²) in [6.45, 7) is 4.92. The van der Waals surface area contributed by atoms with Crippen LogP contribution in [-0.2, 0) is 6.54 Å². The van der Waals surface area contributed by atoms with E-state index in [1.165, 1.54) is 16.9 Å². The molecular formula is C11H14N2OS. The van der Waals surface area contributed by atoms with E-state index in [2.05, 4.69) is 6.92 Å². The minimum absolute atomic E-state index is 0.583. The van der Waals surface area contributed by atoms with Crippen molar-refractivity contribution in [2.24, 2.45) is 0 Å². The van der Waals surface area contributed by atoms with E-state index in [0.717, 1.165) is 22.5 Å². The Morgan fingerprint density at radius 3 is 2.80 bits per heavy atom. The summed E-state index contributed by atoms with van der Waals surface area (Å²) in [5, 5.41) is 7.89. The zero-order chi connectivity index (χ0) is 11.0. The van der Waals surface area contributed by atoms with Crippen LogP contribution in [0, 0.1) is 12.3 Å². The average molecular weight is 222 g/mol. The number of fused-ring (bicyclic) bond motifs is 1. The second kappa shape index (κ2) is 3.70. The number of nitrogens with zero attached hydrogens (tertiary/aromatic N) is 1. The Kier molecular flexibility index (Phi) is 2.52. The first kappa shape index (κ1) is 10.2. The smallest absolute Gasteiger partial charge is 0.183 e. The molecule has 1 aromatic heterocycles. The van der Waals surface area contributed by atoms with Crippen molar-refractivity contribution in [2.75, 3.05) is 7.11 Å². The van der Waals surface area contributed by atoms with Gasteiger partial charge in [0.25, 0.3) is 0 Å². The van der Waals surface area contributed by atoms with Crippen molar-refractivity contribution in [3.8, 4) is 5.75 Å². The van der Waals surface area contributed by atoms with Crippen LogP contribution in [-0.4, -0.2) is 11.7 Å². The van der Waals surface area contributed by atoms with E-state index in [1.807, 2.05) is 23.6 Å². The van der Waals surface area contributed by atoms with E-state index in [4.69, 9.17) is 10.1 Å². The summed E-state index contributed by atoms with van der Waals surface area (Å²) >= 11 is 1.51. The third-order valence-corrected chi connectivity index (χ3v) is 3.67. The van der Waals surface area contributed by atoms with Gasteiger partial charge in [-0.2, -0.15) is 0 Å². The Bertz CT molecular complexity index is 553. The molecule has 3 nitrogen and oxygen atoms in total. The molecule has 0 aliphatic heterocycles. The Morgan fingerprint density at radius 2 is 2.20 bits per heavy atom. The standard InChI is InChI=1S/C11H14N2OS/c1-4-13-9-8(14-3)6-5-7(2)10(9)15-11(13)12/h5-6,12H,4H2,1-3H3. The van der Waals surface area contributed by atoms with Crippen LogP contribution >= 0.6 is 11.3 Å². The maximum Gasteiger partial charge on any atom is 0.183 e. The average Bonchev–Trinajstić information content (AvgIpc) is 2.56. The topological polar surface area (TPSA) is 38.0 Å². The van der Waals surface area contributed by atoms with Gasteiger partial charge in [-0.25, -0.2) is 0 Å². The van der Waals surface area contributed by atoms with Gasteiger partial charge in [-0.3, -0.25) is 5.41 Å². The molecule has 80 valence electrons. The minimum Gasteiger partial charge on any atom is -0.495 e. The third kappa shape index (κ3) is 1.45. The summed E-state index contributed by atoms with van der Waals surface area (Å²) in [4.78, 5) is 0.583. The molecule has 2 rings (SSSR count). The highest BCUT2D eigenvalue weighted by molar-refractivity contribution is 7.16. The molecule has 1 heterocycles. The van der Waals surface area contributed by atoms with Crippen molar-refractivity contribution in [1.29, 1.82) is 5.41 Å². The molecule has 0 atom stereocenters. The van der Waals surface area contributed by atoms with Crippen LogP contribution in [0.5, 0.6) is 5.75 Å². The number of thiazole rings is 1. The lowest BCUT2D eigenvalue weighted by Crippen LogP contribution is -2.11. The number of hydrogen-bond donors (Lipinski definition) is 1. The fourth-order valence-electron chi connectivity index (χ4n) is 1.76. The fraction of sp³-hybridized carbons (Fsp3) is 0.364. The zero-order valence-corrected chi connectivity index (χ0v) is 9.94. The number of ether oxygens (including phenoxy) is 1. The number of rotatable bonds is 2. The number of nitrogens with one attached hydrogen (secondary N) is 1. The molecule has 0 spiro atoms. The molecule has 0 fully saturated rings. The number of methoxy groups -OCH3 is 1. The van der Waals surface area contributed by atoms with E-state index < -0.39 is 0 Å². The van der Waals surface area contributed by atoms with Crippen molar-refractivity contribution in [3.63, 3.8) is 0 Å². The lowest BCUT2D eigenvalue weighted by Gasteiger charge is -2.06. The molecule has 0 saturated heterocycles. The SMILES string of the molecule is CCn1c(=N)sc2c(C)ccc(OC)c21. The molecule has 4 heteroatoms. The number of aryl methyl sites for hydroxylation is 2. The Hall–Kier alpha value is -1.29. The predicted molar refractivity (Wildman–Crippen MR) is 62.6 cm³/mol. The number of hydrogen-bond acceptors (Lipinski definition) is 3. The molecule has 0 bridgehead atoms. The molecule has 2 aromatic rings. The van der Waals surface area contributed by atoms with Crippen LogP contribution in [0.4, 0.5) is 0 Å². The van der Waals surface area contributed by atoms with Gasteiger partial charge in [-0.15, -0.1) is 0 Å². The van der Waals surface area contributed by atoms with Gasteiger partial charge >= 0.3 is 0 Å². The Morgan fingerprint density at radius 1 is 1.47 bits per heavy atom. The van der Waals surface area contributed by atoms with E-state index in [0.29, 0.717) is 4.80 Å². The molecular weight excluding hydrogens is 208 g/mol. The normalized spacial score (nSPS) is 10.9. The van der Waals surface area contributed by atoms with Crippen LogP contribution < -0.4 is 9.54 Å².